The fourth-order valence-electron chi connectivity index (χ4n) is 2.19. The predicted octanol–water partition coefficient (Wildman–Crippen LogP) is 3.59. The van der Waals surface area contributed by atoms with Crippen molar-refractivity contribution in [2.75, 3.05) is 20.2 Å². The summed E-state index contributed by atoms with van der Waals surface area (Å²) in [5.41, 5.74) is 1.31. The molecule has 0 spiro atoms. The van der Waals surface area contributed by atoms with E-state index >= 15 is 0 Å². The number of hydrogen-bond acceptors (Lipinski definition) is 3. The molecule has 2 aromatic rings. The highest BCUT2D eigenvalue weighted by atomic mass is 127. The van der Waals surface area contributed by atoms with Crippen LogP contribution in [0.4, 0.5) is 0 Å². The number of ether oxygens (including phenoxy) is 1. The average molecular weight is 443 g/mol. The number of hydrogen-bond donors (Lipinski definition) is 2. The van der Waals surface area contributed by atoms with E-state index in [-0.39, 0.29) is 24.0 Å². The molecule has 0 saturated carbocycles. The number of benzene rings is 1. The van der Waals surface area contributed by atoms with Crippen molar-refractivity contribution in [3.05, 3.63) is 54.0 Å². The maximum atomic E-state index is 5.29. The highest BCUT2D eigenvalue weighted by Gasteiger charge is 1.99. The molecule has 0 unspecified atom stereocenters. The molecule has 0 aliphatic carbocycles. The Morgan fingerprint density at radius 3 is 2.58 bits per heavy atom. The normalized spacial score (nSPS) is 10.8. The van der Waals surface area contributed by atoms with E-state index in [4.69, 9.17) is 9.15 Å². The molecule has 0 saturated heterocycles. The number of guanidine groups is 1. The molecule has 1 aromatic carbocycles. The predicted molar refractivity (Wildman–Crippen MR) is 108 cm³/mol. The van der Waals surface area contributed by atoms with Crippen molar-refractivity contribution in [3.8, 4) is 5.75 Å². The lowest BCUT2D eigenvalue weighted by Gasteiger charge is -2.11. The second kappa shape index (κ2) is 11.8. The third-order valence-corrected chi connectivity index (χ3v) is 3.41. The highest BCUT2D eigenvalue weighted by Crippen LogP contribution is 2.12. The van der Waals surface area contributed by atoms with E-state index in [1.54, 1.807) is 13.4 Å². The number of aliphatic imine (C=N–C) groups is 1. The van der Waals surface area contributed by atoms with Gasteiger partial charge in [-0.2, -0.15) is 0 Å². The summed E-state index contributed by atoms with van der Waals surface area (Å²) in [6, 6.07) is 12.0. The van der Waals surface area contributed by atoms with E-state index in [0.29, 0.717) is 6.54 Å². The molecule has 1 aromatic heterocycles. The van der Waals surface area contributed by atoms with Gasteiger partial charge in [-0.15, -0.1) is 24.0 Å². The molecule has 1 heterocycles. The molecule has 0 aliphatic heterocycles. The Bertz CT molecular complexity index is 583. The molecule has 5 nitrogen and oxygen atoms in total. The summed E-state index contributed by atoms with van der Waals surface area (Å²) >= 11 is 0. The molecular weight excluding hydrogens is 417 g/mol. The van der Waals surface area contributed by atoms with Gasteiger partial charge in [0.15, 0.2) is 5.96 Å². The number of aryl methyl sites for hydroxylation is 1. The van der Waals surface area contributed by atoms with Crippen molar-refractivity contribution in [1.82, 2.24) is 10.6 Å². The van der Waals surface area contributed by atoms with Gasteiger partial charge in [0.2, 0.25) is 0 Å². The van der Waals surface area contributed by atoms with Gasteiger partial charge in [0.1, 0.15) is 18.1 Å². The Hall–Kier alpha value is -1.70. The van der Waals surface area contributed by atoms with Crippen molar-refractivity contribution in [1.29, 1.82) is 0 Å². The van der Waals surface area contributed by atoms with Crippen LogP contribution in [-0.2, 0) is 13.0 Å². The Morgan fingerprint density at radius 2 is 1.96 bits per heavy atom. The van der Waals surface area contributed by atoms with Gasteiger partial charge in [-0.05, 0) is 49.6 Å². The van der Waals surface area contributed by atoms with Gasteiger partial charge in [-0.25, -0.2) is 4.99 Å². The quantitative estimate of drug-likeness (QED) is 0.283. The number of furan rings is 1. The Morgan fingerprint density at radius 1 is 1.17 bits per heavy atom. The van der Waals surface area contributed by atoms with Crippen LogP contribution >= 0.6 is 24.0 Å². The van der Waals surface area contributed by atoms with Crippen LogP contribution in [0.3, 0.4) is 0 Å². The Balaban J connectivity index is 0.00000288. The van der Waals surface area contributed by atoms with E-state index in [1.807, 2.05) is 24.3 Å². The van der Waals surface area contributed by atoms with Gasteiger partial charge >= 0.3 is 0 Å². The summed E-state index contributed by atoms with van der Waals surface area (Å²) in [4.78, 5) is 4.51. The molecule has 0 aliphatic rings. The maximum Gasteiger partial charge on any atom is 0.191 e. The molecule has 132 valence electrons. The summed E-state index contributed by atoms with van der Waals surface area (Å²) in [6.45, 7) is 4.31. The van der Waals surface area contributed by atoms with Crippen molar-refractivity contribution < 1.29 is 9.15 Å². The van der Waals surface area contributed by atoms with E-state index in [9.17, 15) is 0 Å². The van der Waals surface area contributed by atoms with Crippen molar-refractivity contribution in [2.24, 2.45) is 4.99 Å². The average Bonchev–Trinajstić information content (AvgIpc) is 3.10. The smallest absolute Gasteiger partial charge is 0.191 e. The van der Waals surface area contributed by atoms with Gasteiger partial charge in [-0.1, -0.05) is 12.1 Å². The summed E-state index contributed by atoms with van der Waals surface area (Å²) in [5.74, 6) is 2.57. The number of methoxy groups -OCH3 is 1. The standard InChI is InChI=1S/C18H25N3O2.HI/c1-3-19-18(21-14-17-7-5-13-23-17)20-12-4-6-15-8-10-16(22-2)11-9-15;/h5,7-11,13H,3-4,6,12,14H2,1-2H3,(H2,19,20,21);1H. The highest BCUT2D eigenvalue weighted by molar-refractivity contribution is 14.0. The minimum Gasteiger partial charge on any atom is -0.497 e. The molecular formula is C18H26IN3O2. The van der Waals surface area contributed by atoms with Crippen LogP contribution in [0, 0.1) is 0 Å². The van der Waals surface area contributed by atoms with Crippen LogP contribution in [0.2, 0.25) is 0 Å². The topological polar surface area (TPSA) is 58.8 Å². The van der Waals surface area contributed by atoms with E-state index in [0.717, 1.165) is 43.4 Å². The third-order valence-electron chi connectivity index (χ3n) is 3.41. The molecule has 0 radical (unpaired) electrons. The molecule has 0 atom stereocenters. The number of nitrogens with zero attached hydrogens (tertiary/aromatic N) is 1. The Kier molecular flexibility index (Phi) is 9.98. The molecule has 6 heteroatoms. The van der Waals surface area contributed by atoms with Crippen LogP contribution in [0.1, 0.15) is 24.7 Å². The van der Waals surface area contributed by atoms with Gasteiger partial charge in [0.25, 0.3) is 0 Å². The van der Waals surface area contributed by atoms with Crippen molar-refractivity contribution in [3.63, 3.8) is 0 Å². The van der Waals surface area contributed by atoms with Crippen LogP contribution in [0.15, 0.2) is 52.1 Å². The lowest BCUT2D eigenvalue weighted by atomic mass is 10.1. The number of halogens is 1. The van der Waals surface area contributed by atoms with E-state index in [1.165, 1.54) is 5.56 Å². The summed E-state index contributed by atoms with van der Waals surface area (Å²) in [5, 5.41) is 6.59. The lowest BCUT2D eigenvalue weighted by molar-refractivity contribution is 0.414. The zero-order valence-corrected chi connectivity index (χ0v) is 16.6. The first-order chi connectivity index (χ1) is 11.3. The lowest BCUT2D eigenvalue weighted by Crippen LogP contribution is -2.37. The van der Waals surface area contributed by atoms with E-state index < -0.39 is 0 Å². The first-order valence-electron chi connectivity index (χ1n) is 7.99. The zero-order valence-electron chi connectivity index (χ0n) is 14.2. The van der Waals surface area contributed by atoms with Crippen molar-refractivity contribution >= 4 is 29.9 Å². The minimum atomic E-state index is 0. The fraction of sp³-hybridized carbons (Fsp3) is 0.389. The number of nitrogens with one attached hydrogen (secondary N) is 2. The summed E-state index contributed by atoms with van der Waals surface area (Å²) in [7, 11) is 1.68. The molecule has 2 rings (SSSR count). The third kappa shape index (κ3) is 7.25. The second-order valence-electron chi connectivity index (χ2n) is 5.15. The molecule has 2 N–H and O–H groups in total. The molecule has 0 bridgehead atoms. The zero-order chi connectivity index (χ0) is 16.3. The second-order valence-corrected chi connectivity index (χ2v) is 5.15. The monoisotopic (exact) mass is 443 g/mol. The first-order valence-corrected chi connectivity index (χ1v) is 7.99. The SMILES string of the molecule is CCNC(=NCc1ccco1)NCCCc1ccc(OC)cc1.I. The van der Waals surface area contributed by atoms with Crippen LogP contribution in [0.25, 0.3) is 0 Å². The summed E-state index contributed by atoms with van der Waals surface area (Å²) < 4.78 is 10.5. The minimum absolute atomic E-state index is 0. The van der Waals surface area contributed by atoms with Gasteiger partial charge in [0, 0.05) is 13.1 Å². The van der Waals surface area contributed by atoms with Gasteiger partial charge < -0.3 is 19.8 Å². The van der Waals surface area contributed by atoms with Crippen LogP contribution < -0.4 is 15.4 Å². The molecule has 24 heavy (non-hydrogen) atoms. The fourth-order valence-corrected chi connectivity index (χ4v) is 2.19. The first kappa shape index (κ1) is 20.3. The van der Waals surface area contributed by atoms with Crippen LogP contribution in [0.5, 0.6) is 5.75 Å². The van der Waals surface area contributed by atoms with E-state index in [2.05, 4.69) is 34.7 Å². The summed E-state index contributed by atoms with van der Waals surface area (Å²) in [6.07, 6.45) is 3.73. The largest absolute Gasteiger partial charge is 0.497 e. The molecule has 0 amide bonds. The van der Waals surface area contributed by atoms with Gasteiger partial charge in [0.05, 0.1) is 13.4 Å². The van der Waals surface area contributed by atoms with Crippen molar-refractivity contribution in [2.45, 2.75) is 26.3 Å². The van der Waals surface area contributed by atoms with Gasteiger partial charge in [-0.3, -0.25) is 0 Å². The Labute approximate surface area is 160 Å². The van der Waals surface area contributed by atoms with Crippen LogP contribution in [-0.4, -0.2) is 26.2 Å². The maximum absolute atomic E-state index is 5.29. The molecule has 0 fully saturated rings. The number of rotatable bonds is 8.